The number of unbranched alkanes of at least 4 members (excludes halogenated alkanes) is 9. The Hall–Kier alpha value is -0.290. The van der Waals surface area contributed by atoms with Crippen LogP contribution in [0.25, 0.3) is 0 Å². The molecule has 0 saturated heterocycles. The first-order chi connectivity index (χ1) is 8.84. The molecule has 0 fully saturated rings. The average Bonchev–Trinajstić information content (AvgIpc) is 2.77. The zero-order valence-corrected chi connectivity index (χ0v) is 13.2. The second-order valence-corrected chi connectivity index (χ2v) is 6.47. The lowest BCUT2D eigenvalue weighted by atomic mass is 10.1. The van der Waals surface area contributed by atoms with Crippen molar-refractivity contribution in [1.82, 2.24) is 4.75 Å². The molecule has 0 unspecified atom stereocenters. The third-order valence-corrected chi connectivity index (χ3v) is 4.81. The van der Waals surface area contributed by atoms with Gasteiger partial charge in [0.25, 0.3) is 0 Å². The van der Waals surface area contributed by atoms with E-state index in [0.29, 0.717) is 0 Å². The lowest BCUT2D eigenvalue weighted by Gasteiger charge is -2.02. The highest BCUT2D eigenvalue weighted by molar-refractivity contribution is 7.26. The molecule has 0 aliphatic carbocycles. The van der Waals surface area contributed by atoms with Crippen molar-refractivity contribution in [3.63, 3.8) is 0 Å². The maximum atomic E-state index is 3.28. The van der Waals surface area contributed by atoms with Gasteiger partial charge in [-0.15, -0.1) is 0 Å². The molecule has 1 N–H and O–H groups in total. The molecule has 1 heterocycles. The summed E-state index contributed by atoms with van der Waals surface area (Å²) < 4.78 is 3.28. The van der Waals surface area contributed by atoms with Crippen molar-refractivity contribution in [3.05, 3.63) is 17.1 Å². The van der Waals surface area contributed by atoms with Gasteiger partial charge in [0, 0.05) is 19.8 Å². The maximum Gasteiger partial charge on any atom is 0.0141 e. The molecule has 0 aliphatic heterocycles. The Morgan fingerprint density at radius 2 is 1.44 bits per heavy atom. The van der Waals surface area contributed by atoms with Gasteiger partial charge in [-0.3, -0.25) is 0 Å². The standard InChI is InChI=1S/C16H30NP/c1-3-4-5-6-7-8-9-10-11-12-13-16-15(2)14-17-18-16/h14,17H,3-13H2,1-2H3. The van der Waals surface area contributed by atoms with Crippen LogP contribution >= 0.6 is 8.35 Å². The smallest absolute Gasteiger partial charge is 0.0141 e. The van der Waals surface area contributed by atoms with Crippen LogP contribution in [0, 0.1) is 6.92 Å². The van der Waals surface area contributed by atoms with E-state index in [9.17, 15) is 0 Å². The first kappa shape index (κ1) is 15.8. The summed E-state index contributed by atoms with van der Waals surface area (Å²) in [6.07, 6.45) is 17.8. The SMILES string of the molecule is CCCCCCCCCCCCc1p[nH]cc1C. The molecule has 1 aromatic heterocycles. The Bertz CT molecular complexity index is 293. The van der Waals surface area contributed by atoms with Gasteiger partial charge in [0.2, 0.25) is 0 Å². The third-order valence-electron chi connectivity index (χ3n) is 3.70. The molecule has 0 aliphatic rings. The van der Waals surface area contributed by atoms with Gasteiger partial charge in [0.15, 0.2) is 0 Å². The molecular weight excluding hydrogens is 237 g/mol. The summed E-state index contributed by atoms with van der Waals surface area (Å²) in [5.74, 6) is 0. The predicted octanol–water partition coefficient (Wildman–Crippen LogP) is 6.37. The molecule has 0 saturated carbocycles. The van der Waals surface area contributed by atoms with Crippen LogP contribution in [0.15, 0.2) is 6.20 Å². The molecule has 0 spiro atoms. The van der Waals surface area contributed by atoms with E-state index in [1.165, 1.54) is 84.5 Å². The van der Waals surface area contributed by atoms with Gasteiger partial charge in [-0.05, 0) is 25.3 Å². The van der Waals surface area contributed by atoms with Gasteiger partial charge >= 0.3 is 0 Å². The Kier molecular flexibility index (Phi) is 9.30. The van der Waals surface area contributed by atoms with Crippen LogP contribution in [0.3, 0.4) is 0 Å². The minimum Gasteiger partial charge on any atom is -0.344 e. The highest BCUT2D eigenvalue weighted by Crippen LogP contribution is 2.20. The predicted molar refractivity (Wildman–Crippen MR) is 83.6 cm³/mol. The number of aromatic amines is 1. The minimum atomic E-state index is 1.30. The molecule has 104 valence electrons. The minimum absolute atomic E-state index is 1.30. The number of rotatable bonds is 11. The molecule has 1 nitrogen and oxygen atoms in total. The zero-order valence-electron chi connectivity index (χ0n) is 12.3. The summed E-state index contributed by atoms with van der Waals surface area (Å²) in [5.41, 5.74) is 1.47. The van der Waals surface area contributed by atoms with Crippen LogP contribution in [-0.4, -0.2) is 4.75 Å². The fraction of sp³-hybridized carbons (Fsp3) is 0.812. The van der Waals surface area contributed by atoms with Crippen LogP contribution in [0.2, 0.25) is 0 Å². The van der Waals surface area contributed by atoms with E-state index in [-0.39, 0.29) is 0 Å². The normalized spacial score (nSPS) is 11.4. The van der Waals surface area contributed by atoms with Gasteiger partial charge < -0.3 is 4.75 Å². The van der Waals surface area contributed by atoms with Crippen molar-refractivity contribution < 1.29 is 0 Å². The first-order valence-electron chi connectivity index (χ1n) is 7.84. The second kappa shape index (κ2) is 10.6. The Labute approximate surface area is 115 Å². The molecule has 0 amide bonds. The highest BCUT2D eigenvalue weighted by atomic mass is 31.0. The summed E-state index contributed by atoms with van der Waals surface area (Å²) in [4.78, 5) is 0. The van der Waals surface area contributed by atoms with E-state index in [4.69, 9.17) is 0 Å². The lowest BCUT2D eigenvalue weighted by molar-refractivity contribution is 0.557. The van der Waals surface area contributed by atoms with Crippen LogP contribution in [0.5, 0.6) is 0 Å². The fourth-order valence-corrected chi connectivity index (χ4v) is 3.34. The monoisotopic (exact) mass is 267 g/mol. The van der Waals surface area contributed by atoms with E-state index in [2.05, 4.69) is 24.8 Å². The van der Waals surface area contributed by atoms with Crippen LogP contribution < -0.4 is 0 Å². The molecule has 2 heteroatoms. The van der Waals surface area contributed by atoms with E-state index in [1.54, 1.807) is 5.30 Å². The largest absolute Gasteiger partial charge is 0.344 e. The number of hydrogen-bond donors (Lipinski definition) is 1. The van der Waals surface area contributed by atoms with Gasteiger partial charge in [-0.2, -0.15) is 0 Å². The topological polar surface area (TPSA) is 15.8 Å². The Morgan fingerprint density at radius 1 is 0.889 bits per heavy atom. The Morgan fingerprint density at radius 3 is 1.94 bits per heavy atom. The molecule has 0 bridgehead atoms. The van der Waals surface area contributed by atoms with Crippen molar-refractivity contribution in [3.8, 4) is 0 Å². The second-order valence-electron chi connectivity index (χ2n) is 5.45. The van der Waals surface area contributed by atoms with Crippen molar-refractivity contribution in [2.45, 2.75) is 84.5 Å². The molecular formula is C16H30NP. The number of hydrogen-bond acceptors (Lipinski definition) is 0. The Balaban J connectivity index is 1.83. The molecule has 0 atom stereocenters. The zero-order chi connectivity index (χ0) is 13.1. The van der Waals surface area contributed by atoms with Crippen molar-refractivity contribution in [2.24, 2.45) is 0 Å². The third kappa shape index (κ3) is 7.21. The van der Waals surface area contributed by atoms with Crippen LogP contribution in [-0.2, 0) is 6.42 Å². The summed E-state index contributed by atoms with van der Waals surface area (Å²) in [6.45, 7) is 4.51. The molecule has 0 radical (unpaired) electrons. The van der Waals surface area contributed by atoms with Gasteiger partial charge in [0.05, 0.1) is 0 Å². The van der Waals surface area contributed by atoms with E-state index in [0.717, 1.165) is 0 Å². The average molecular weight is 267 g/mol. The van der Waals surface area contributed by atoms with E-state index in [1.807, 2.05) is 0 Å². The van der Waals surface area contributed by atoms with E-state index >= 15 is 0 Å². The van der Waals surface area contributed by atoms with Gasteiger partial charge in [0.1, 0.15) is 0 Å². The number of H-pyrrole nitrogens is 1. The lowest BCUT2D eigenvalue weighted by Crippen LogP contribution is -1.85. The maximum absolute atomic E-state index is 3.28. The van der Waals surface area contributed by atoms with Crippen LogP contribution in [0.4, 0.5) is 0 Å². The number of aryl methyl sites for hydroxylation is 2. The summed E-state index contributed by atoms with van der Waals surface area (Å²) in [7, 11) is 1.33. The number of nitrogens with one attached hydrogen (secondary N) is 1. The van der Waals surface area contributed by atoms with Gasteiger partial charge in [-0.25, -0.2) is 0 Å². The summed E-state index contributed by atoms with van der Waals surface area (Å²) in [6, 6.07) is 0. The molecule has 1 aromatic rings. The van der Waals surface area contributed by atoms with Gasteiger partial charge in [-0.1, -0.05) is 64.7 Å². The highest BCUT2D eigenvalue weighted by Gasteiger charge is 1.99. The molecule has 18 heavy (non-hydrogen) atoms. The van der Waals surface area contributed by atoms with E-state index < -0.39 is 0 Å². The van der Waals surface area contributed by atoms with Crippen molar-refractivity contribution in [2.75, 3.05) is 0 Å². The first-order valence-corrected chi connectivity index (χ1v) is 8.73. The molecule has 1 rings (SSSR count). The van der Waals surface area contributed by atoms with Crippen molar-refractivity contribution >= 4 is 8.35 Å². The summed E-state index contributed by atoms with van der Waals surface area (Å²) in [5, 5.41) is 1.61. The summed E-state index contributed by atoms with van der Waals surface area (Å²) >= 11 is 0. The van der Waals surface area contributed by atoms with Crippen LogP contribution in [0.1, 0.15) is 82.0 Å². The molecule has 0 aromatic carbocycles. The number of aromatic nitrogens is 1. The quantitative estimate of drug-likeness (QED) is 0.448. The fourth-order valence-electron chi connectivity index (χ4n) is 2.41. The van der Waals surface area contributed by atoms with Crippen molar-refractivity contribution in [1.29, 1.82) is 0 Å².